The predicted octanol–water partition coefficient (Wildman–Crippen LogP) is 3.20. The summed E-state index contributed by atoms with van der Waals surface area (Å²) in [5.41, 5.74) is 7.32. The Morgan fingerprint density at radius 3 is 2.65 bits per heavy atom. The minimum Gasteiger partial charge on any atom is -0.487 e. The molecule has 1 atom stereocenters. The van der Waals surface area contributed by atoms with E-state index in [2.05, 4.69) is 18.9 Å². The highest BCUT2D eigenvalue weighted by atomic mass is 19.1. The van der Waals surface area contributed by atoms with Gasteiger partial charge in [-0.1, -0.05) is 0 Å². The number of nitrogens with two attached hydrogens (primary N) is 1. The third-order valence-corrected chi connectivity index (χ3v) is 3.03. The van der Waals surface area contributed by atoms with Crippen molar-refractivity contribution < 1.29 is 9.13 Å². The van der Waals surface area contributed by atoms with Crippen LogP contribution >= 0.6 is 0 Å². The Morgan fingerprint density at radius 2 is 2.05 bits per heavy atom. The van der Waals surface area contributed by atoms with E-state index in [9.17, 15) is 4.39 Å². The molecule has 0 radical (unpaired) electrons. The summed E-state index contributed by atoms with van der Waals surface area (Å²) >= 11 is 0. The maximum atomic E-state index is 13.2. The van der Waals surface area contributed by atoms with Crippen molar-refractivity contribution >= 4 is 0 Å². The van der Waals surface area contributed by atoms with Gasteiger partial charge in [0, 0.05) is 23.8 Å². The van der Waals surface area contributed by atoms with Gasteiger partial charge in [-0.05, 0) is 45.0 Å². The van der Waals surface area contributed by atoms with Gasteiger partial charge in [-0.25, -0.2) is 4.39 Å². The van der Waals surface area contributed by atoms with E-state index in [0.29, 0.717) is 24.0 Å². The SMILES string of the molecule is CC(C)n1ccc(COc2ccc(F)cc2[C@H](C)N)n1. The van der Waals surface area contributed by atoms with Gasteiger partial charge >= 0.3 is 0 Å². The van der Waals surface area contributed by atoms with Crippen LogP contribution in [0.5, 0.6) is 5.75 Å². The normalized spacial score (nSPS) is 12.7. The van der Waals surface area contributed by atoms with Crippen LogP contribution in [0.25, 0.3) is 0 Å². The molecule has 2 aromatic rings. The van der Waals surface area contributed by atoms with Crippen molar-refractivity contribution in [3.63, 3.8) is 0 Å². The van der Waals surface area contributed by atoms with E-state index in [0.717, 1.165) is 5.69 Å². The number of aromatic nitrogens is 2. The largest absolute Gasteiger partial charge is 0.487 e. The summed E-state index contributed by atoms with van der Waals surface area (Å²) in [4.78, 5) is 0. The number of hydrogen-bond donors (Lipinski definition) is 1. The van der Waals surface area contributed by atoms with Crippen LogP contribution in [0.2, 0.25) is 0 Å². The van der Waals surface area contributed by atoms with Crippen LogP contribution in [-0.4, -0.2) is 9.78 Å². The van der Waals surface area contributed by atoms with Crippen LogP contribution in [0.4, 0.5) is 4.39 Å². The molecule has 0 amide bonds. The summed E-state index contributed by atoms with van der Waals surface area (Å²) in [5.74, 6) is 0.286. The van der Waals surface area contributed by atoms with Gasteiger partial charge in [-0.3, -0.25) is 4.68 Å². The molecule has 1 heterocycles. The summed E-state index contributed by atoms with van der Waals surface area (Å²) in [6.07, 6.45) is 1.92. The van der Waals surface area contributed by atoms with Gasteiger partial charge in [0.2, 0.25) is 0 Å². The predicted molar refractivity (Wildman–Crippen MR) is 75.9 cm³/mol. The highest BCUT2D eigenvalue weighted by molar-refractivity contribution is 5.36. The van der Waals surface area contributed by atoms with Crippen LogP contribution in [0.3, 0.4) is 0 Å². The van der Waals surface area contributed by atoms with Crippen LogP contribution in [-0.2, 0) is 6.61 Å². The van der Waals surface area contributed by atoms with Crippen molar-refractivity contribution in [3.05, 3.63) is 47.5 Å². The van der Waals surface area contributed by atoms with E-state index in [1.807, 2.05) is 16.9 Å². The Morgan fingerprint density at radius 1 is 1.30 bits per heavy atom. The number of hydrogen-bond acceptors (Lipinski definition) is 3. The van der Waals surface area contributed by atoms with E-state index in [1.54, 1.807) is 13.0 Å². The second kappa shape index (κ2) is 6.05. The molecule has 0 spiro atoms. The molecule has 2 N–H and O–H groups in total. The molecule has 0 saturated carbocycles. The molecule has 0 saturated heterocycles. The molecule has 108 valence electrons. The van der Waals surface area contributed by atoms with Crippen molar-refractivity contribution in [1.82, 2.24) is 9.78 Å². The summed E-state index contributed by atoms with van der Waals surface area (Å²) < 4.78 is 20.8. The summed E-state index contributed by atoms with van der Waals surface area (Å²) in [6, 6.07) is 6.33. The maximum Gasteiger partial charge on any atom is 0.132 e. The van der Waals surface area contributed by atoms with Crippen molar-refractivity contribution in [2.45, 2.75) is 39.5 Å². The zero-order chi connectivity index (χ0) is 14.7. The Bertz CT molecular complexity index is 578. The van der Waals surface area contributed by atoms with Crippen molar-refractivity contribution in [2.24, 2.45) is 5.73 Å². The molecule has 20 heavy (non-hydrogen) atoms. The van der Waals surface area contributed by atoms with Gasteiger partial charge < -0.3 is 10.5 Å². The highest BCUT2D eigenvalue weighted by Crippen LogP contribution is 2.25. The number of nitrogens with zero attached hydrogens (tertiary/aromatic N) is 2. The van der Waals surface area contributed by atoms with Gasteiger partial charge in [-0.15, -0.1) is 0 Å². The second-order valence-corrected chi connectivity index (χ2v) is 5.14. The first-order chi connectivity index (χ1) is 9.47. The van der Waals surface area contributed by atoms with Gasteiger partial charge in [0.1, 0.15) is 18.2 Å². The average Bonchev–Trinajstić information content (AvgIpc) is 2.86. The quantitative estimate of drug-likeness (QED) is 0.913. The van der Waals surface area contributed by atoms with Crippen molar-refractivity contribution in [3.8, 4) is 5.75 Å². The highest BCUT2D eigenvalue weighted by Gasteiger charge is 2.10. The van der Waals surface area contributed by atoms with Crippen LogP contribution < -0.4 is 10.5 Å². The lowest BCUT2D eigenvalue weighted by atomic mass is 10.1. The lowest BCUT2D eigenvalue weighted by Gasteiger charge is -2.13. The molecule has 0 bridgehead atoms. The molecular formula is C15H20FN3O. The average molecular weight is 277 g/mol. The minimum atomic E-state index is -0.311. The fourth-order valence-corrected chi connectivity index (χ4v) is 1.90. The summed E-state index contributed by atoms with van der Waals surface area (Å²) in [6.45, 7) is 6.26. The second-order valence-electron chi connectivity index (χ2n) is 5.14. The maximum absolute atomic E-state index is 13.2. The molecule has 0 fully saturated rings. The molecule has 0 aliphatic heterocycles. The van der Waals surface area contributed by atoms with E-state index >= 15 is 0 Å². The fourth-order valence-electron chi connectivity index (χ4n) is 1.90. The lowest BCUT2D eigenvalue weighted by molar-refractivity contribution is 0.293. The van der Waals surface area contributed by atoms with Gasteiger partial charge in [0.25, 0.3) is 0 Å². The standard InChI is InChI=1S/C15H20FN3O/c1-10(2)19-7-6-13(18-19)9-20-15-5-4-12(16)8-14(15)11(3)17/h4-8,10-11H,9,17H2,1-3H3/t11-/m0/s1. The summed E-state index contributed by atoms with van der Waals surface area (Å²) in [5, 5.41) is 4.40. The number of rotatable bonds is 5. The fraction of sp³-hybridized carbons (Fsp3) is 0.400. The molecule has 0 aliphatic carbocycles. The summed E-state index contributed by atoms with van der Waals surface area (Å²) in [7, 11) is 0. The van der Waals surface area contributed by atoms with E-state index < -0.39 is 0 Å². The van der Waals surface area contributed by atoms with Gasteiger partial charge in [-0.2, -0.15) is 5.10 Å². The number of ether oxygens (including phenoxy) is 1. The zero-order valence-corrected chi connectivity index (χ0v) is 12.0. The van der Waals surface area contributed by atoms with E-state index in [4.69, 9.17) is 10.5 Å². The molecular weight excluding hydrogens is 257 g/mol. The first-order valence-corrected chi connectivity index (χ1v) is 6.69. The van der Waals surface area contributed by atoms with Gasteiger partial charge in [0.15, 0.2) is 0 Å². The third kappa shape index (κ3) is 3.36. The molecule has 5 heteroatoms. The number of halogens is 1. The van der Waals surface area contributed by atoms with E-state index in [-0.39, 0.29) is 11.9 Å². The Labute approximate surface area is 118 Å². The molecule has 4 nitrogen and oxygen atoms in total. The van der Waals surface area contributed by atoms with Crippen molar-refractivity contribution in [2.75, 3.05) is 0 Å². The first-order valence-electron chi connectivity index (χ1n) is 6.69. The Hall–Kier alpha value is -1.88. The van der Waals surface area contributed by atoms with Crippen molar-refractivity contribution in [1.29, 1.82) is 0 Å². The zero-order valence-electron chi connectivity index (χ0n) is 12.0. The number of benzene rings is 1. The van der Waals surface area contributed by atoms with Gasteiger partial charge in [0.05, 0.1) is 5.69 Å². The smallest absolute Gasteiger partial charge is 0.132 e. The van der Waals surface area contributed by atoms with Crippen LogP contribution in [0.15, 0.2) is 30.5 Å². The van der Waals surface area contributed by atoms with Crippen LogP contribution in [0, 0.1) is 5.82 Å². The first kappa shape index (κ1) is 14.5. The molecule has 1 aromatic carbocycles. The topological polar surface area (TPSA) is 53.1 Å². The third-order valence-electron chi connectivity index (χ3n) is 3.03. The Balaban J connectivity index is 2.10. The molecule has 2 rings (SSSR count). The molecule has 1 aromatic heterocycles. The van der Waals surface area contributed by atoms with Crippen LogP contribution in [0.1, 0.15) is 44.1 Å². The molecule has 0 unspecified atom stereocenters. The lowest BCUT2D eigenvalue weighted by Crippen LogP contribution is -2.09. The monoisotopic (exact) mass is 277 g/mol. The Kier molecular flexibility index (Phi) is 4.39. The minimum absolute atomic E-state index is 0.283. The molecule has 0 aliphatic rings. The van der Waals surface area contributed by atoms with E-state index in [1.165, 1.54) is 12.1 Å².